The van der Waals surface area contributed by atoms with Gasteiger partial charge in [0.15, 0.2) is 5.84 Å². The van der Waals surface area contributed by atoms with Crippen molar-refractivity contribution < 1.29 is 0 Å². The number of fused-ring (bicyclic) bond motifs is 1. The van der Waals surface area contributed by atoms with Gasteiger partial charge >= 0.3 is 0 Å². The van der Waals surface area contributed by atoms with Crippen LogP contribution in [0.5, 0.6) is 0 Å². The van der Waals surface area contributed by atoms with Crippen LogP contribution in [0.4, 0.5) is 0 Å². The van der Waals surface area contributed by atoms with E-state index in [1.807, 2.05) is 24.4 Å². The Bertz CT molecular complexity index is 962. The zero-order valence-electron chi connectivity index (χ0n) is 13.2. The maximum atomic E-state index is 4.77. The van der Waals surface area contributed by atoms with E-state index in [0.29, 0.717) is 6.54 Å². The molecule has 0 atom stereocenters. The zero-order chi connectivity index (χ0) is 15.8. The molecule has 1 aliphatic rings. The van der Waals surface area contributed by atoms with Crippen LogP contribution in [0.25, 0.3) is 10.8 Å². The van der Waals surface area contributed by atoms with E-state index in [4.69, 9.17) is 4.99 Å². The van der Waals surface area contributed by atoms with Crippen LogP contribution in [0.1, 0.15) is 22.4 Å². The SMILES string of the molecule is Cc1ccc(C2=NC(c3nccc4ccccc34)=NC2)c(C)c1. The number of hydrogen-bond donors (Lipinski definition) is 0. The fourth-order valence-corrected chi connectivity index (χ4v) is 3.06. The van der Waals surface area contributed by atoms with Crippen molar-refractivity contribution in [2.24, 2.45) is 9.98 Å². The van der Waals surface area contributed by atoms with Crippen LogP contribution in [-0.2, 0) is 0 Å². The van der Waals surface area contributed by atoms with Crippen molar-refractivity contribution in [1.82, 2.24) is 4.98 Å². The highest BCUT2D eigenvalue weighted by molar-refractivity contribution is 6.20. The van der Waals surface area contributed by atoms with Gasteiger partial charge in [-0.2, -0.15) is 0 Å². The van der Waals surface area contributed by atoms with Crippen LogP contribution in [0.15, 0.2) is 64.7 Å². The van der Waals surface area contributed by atoms with Crippen LogP contribution in [0, 0.1) is 13.8 Å². The van der Waals surface area contributed by atoms with Crippen molar-refractivity contribution in [2.75, 3.05) is 6.54 Å². The Hall–Kier alpha value is -2.81. The number of rotatable bonds is 2. The number of nitrogens with zero attached hydrogens (tertiary/aromatic N) is 3. The third kappa shape index (κ3) is 2.44. The molecule has 112 valence electrons. The number of aliphatic imine (C=N–C) groups is 2. The zero-order valence-corrected chi connectivity index (χ0v) is 13.2. The fourth-order valence-electron chi connectivity index (χ4n) is 3.06. The first-order valence-electron chi connectivity index (χ1n) is 7.76. The molecule has 0 fully saturated rings. The number of aromatic nitrogens is 1. The molecular weight excluding hydrogens is 282 g/mol. The maximum absolute atomic E-state index is 4.77. The molecule has 0 radical (unpaired) electrons. The predicted octanol–water partition coefficient (Wildman–Crippen LogP) is 4.10. The number of hydrogen-bond acceptors (Lipinski definition) is 3. The summed E-state index contributed by atoms with van der Waals surface area (Å²) in [7, 11) is 0. The molecule has 3 aromatic rings. The first kappa shape index (κ1) is 13.8. The summed E-state index contributed by atoms with van der Waals surface area (Å²) in [5.74, 6) is 0.733. The van der Waals surface area contributed by atoms with E-state index in [0.717, 1.165) is 28.0 Å². The molecule has 0 aliphatic carbocycles. The maximum Gasteiger partial charge on any atom is 0.174 e. The molecule has 0 N–H and O–H groups in total. The van der Waals surface area contributed by atoms with Gasteiger partial charge in [-0.1, -0.05) is 48.0 Å². The third-order valence-electron chi connectivity index (χ3n) is 4.20. The number of aryl methyl sites for hydroxylation is 2. The predicted molar refractivity (Wildman–Crippen MR) is 95.6 cm³/mol. The molecule has 4 rings (SSSR count). The summed E-state index contributed by atoms with van der Waals surface area (Å²) in [6.07, 6.45) is 1.82. The van der Waals surface area contributed by atoms with Gasteiger partial charge in [-0.05, 0) is 30.9 Å². The Balaban J connectivity index is 1.78. The topological polar surface area (TPSA) is 37.6 Å². The van der Waals surface area contributed by atoms with Gasteiger partial charge in [0.25, 0.3) is 0 Å². The van der Waals surface area contributed by atoms with Gasteiger partial charge in [-0.25, -0.2) is 4.99 Å². The molecule has 3 heteroatoms. The molecule has 0 bridgehead atoms. The average molecular weight is 299 g/mol. The standard InChI is InChI=1S/C20H17N3/c1-13-7-8-16(14(2)11-13)18-12-22-20(23-18)19-17-6-4-3-5-15(17)9-10-21-19/h3-11H,12H2,1-2H3. The summed E-state index contributed by atoms with van der Waals surface area (Å²) in [5, 5.41) is 2.26. The van der Waals surface area contributed by atoms with E-state index in [-0.39, 0.29) is 0 Å². The molecule has 0 saturated carbocycles. The Morgan fingerprint density at radius 2 is 1.83 bits per heavy atom. The molecule has 0 saturated heterocycles. The Morgan fingerprint density at radius 1 is 0.957 bits per heavy atom. The molecule has 1 aliphatic heterocycles. The normalized spacial score (nSPS) is 14.0. The highest BCUT2D eigenvalue weighted by atomic mass is 15.0. The summed E-state index contributed by atoms with van der Waals surface area (Å²) < 4.78 is 0. The number of pyridine rings is 1. The van der Waals surface area contributed by atoms with Gasteiger partial charge in [-0.3, -0.25) is 9.98 Å². The Morgan fingerprint density at radius 3 is 2.70 bits per heavy atom. The lowest BCUT2D eigenvalue weighted by molar-refractivity contribution is 1.28. The van der Waals surface area contributed by atoms with Crippen molar-refractivity contribution in [3.8, 4) is 0 Å². The van der Waals surface area contributed by atoms with E-state index in [2.05, 4.69) is 54.2 Å². The molecule has 3 nitrogen and oxygen atoms in total. The van der Waals surface area contributed by atoms with Gasteiger partial charge in [-0.15, -0.1) is 0 Å². The molecule has 2 heterocycles. The summed E-state index contributed by atoms with van der Waals surface area (Å²) in [4.78, 5) is 13.9. The molecule has 0 spiro atoms. The number of amidine groups is 1. The minimum atomic E-state index is 0.615. The highest BCUT2D eigenvalue weighted by Crippen LogP contribution is 2.21. The van der Waals surface area contributed by atoms with Gasteiger partial charge in [0.1, 0.15) is 5.69 Å². The molecule has 0 unspecified atom stereocenters. The quantitative estimate of drug-likeness (QED) is 0.702. The summed E-state index contributed by atoms with van der Waals surface area (Å²) in [6, 6.07) is 16.7. The number of benzene rings is 2. The van der Waals surface area contributed by atoms with Crippen LogP contribution in [0.2, 0.25) is 0 Å². The van der Waals surface area contributed by atoms with E-state index >= 15 is 0 Å². The van der Waals surface area contributed by atoms with Crippen molar-refractivity contribution in [2.45, 2.75) is 13.8 Å². The molecular formula is C20H17N3. The van der Waals surface area contributed by atoms with Crippen molar-refractivity contribution in [3.63, 3.8) is 0 Å². The first-order chi connectivity index (χ1) is 11.2. The van der Waals surface area contributed by atoms with Crippen LogP contribution >= 0.6 is 0 Å². The molecule has 23 heavy (non-hydrogen) atoms. The molecule has 0 amide bonds. The summed E-state index contributed by atoms with van der Waals surface area (Å²) in [6.45, 7) is 4.85. The van der Waals surface area contributed by atoms with Crippen molar-refractivity contribution in [3.05, 3.63) is 77.1 Å². The lowest BCUT2D eigenvalue weighted by Crippen LogP contribution is -2.05. The second-order valence-corrected chi connectivity index (χ2v) is 5.90. The van der Waals surface area contributed by atoms with E-state index < -0.39 is 0 Å². The minimum Gasteiger partial charge on any atom is -0.258 e. The lowest BCUT2D eigenvalue weighted by atomic mass is 10.0. The van der Waals surface area contributed by atoms with Crippen molar-refractivity contribution in [1.29, 1.82) is 0 Å². The summed E-state index contributed by atoms with van der Waals surface area (Å²) in [5.41, 5.74) is 5.57. The molecule has 1 aromatic heterocycles. The van der Waals surface area contributed by atoms with E-state index in [9.17, 15) is 0 Å². The minimum absolute atomic E-state index is 0.615. The fraction of sp³-hybridized carbons (Fsp3) is 0.150. The largest absolute Gasteiger partial charge is 0.258 e. The Kier molecular flexibility index (Phi) is 3.27. The van der Waals surface area contributed by atoms with E-state index in [1.54, 1.807) is 0 Å². The van der Waals surface area contributed by atoms with E-state index in [1.165, 1.54) is 16.7 Å². The third-order valence-corrected chi connectivity index (χ3v) is 4.20. The first-order valence-corrected chi connectivity index (χ1v) is 7.76. The average Bonchev–Trinajstić information content (AvgIpc) is 3.04. The monoisotopic (exact) mass is 299 g/mol. The van der Waals surface area contributed by atoms with Crippen molar-refractivity contribution >= 4 is 22.3 Å². The smallest absolute Gasteiger partial charge is 0.174 e. The van der Waals surface area contributed by atoms with Gasteiger partial charge < -0.3 is 0 Å². The van der Waals surface area contributed by atoms with Crippen LogP contribution < -0.4 is 0 Å². The van der Waals surface area contributed by atoms with Crippen LogP contribution in [0.3, 0.4) is 0 Å². The highest BCUT2D eigenvalue weighted by Gasteiger charge is 2.17. The Labute approximate surface area is 135 Å². The van der Waals surface area contributed by atoms with Crippen LogP contribution in [-0.4, -0.2) is 23.1 Å². The molecule has 2 aromatic carbocycles. The lowest BCUT2D eigenvalue weighted by Gasteiger charge is -2.06. The van der Waals surface area contributed by atoms with Gasteiger partial charge in [0.05, 0.1) is 12.3 Å². The van der Waals surface area contributed by atoms with Gasteiger partial charge in [0, 0.05) is 17.1 Å². The summed E-state index contributed by atoms with van der Waals surface area (Å²) >= 11 is 0. The van der Waals surface area contributed by atoms with Gasteiger partial charge in [0.2, 0.25) is 0 Å². The second kappa shape index (κ2) is 5.43. The second-order valence-electron chi connectivity index (χ2n) is 5.90.